The SMILES string of the molecule is CCCCCCCOC(=O)c1cccc2c1OB(O)[C@@H](CC(=O)CCCC)C2. The van der Waals surface area contributed by atoms with Crippen LogP contribution in [0.1, 0.15) is 87.6 Å². The molecule has 6 heteroatoms. The summed E-state index contributed by atoms with van der Waals surface area (Å²) in [6.07, 6.45) is 8.65. The Balaban J connectivity index is 1.94. The smallest absolute Gasteiger partial charge is 0.526 e. The molecule has 1 aromatic carbocycles. The Morgan fingerprint density at radius 2 is 1.89 bits per heavy atom. The molecule has 1 heterocycles. The summed E-state index contributed by atoms with van der Waals surface area (Å²) in [5.74, 6) is -0.154. The molecular formula is C22H33BO5. The van der Waals surface area contributed by atoms with Crippen molar-refractivity contribution in [3.63, 3.8) is 0 Å². The van der Waals surface area contributed by atoms with Crippen LogP contribution in [-0.2, 0) is 16.0 Å². The van der Waals surface area contributed by atoms with Gasteiger partial charge in [-0.3, -0.25) is 4.79 Å². The van der Waals surface area contributed by atoms with Crippen molar-refractivity contribution < 1.29 is 24.0 Å². The topological polar surface area (TPSA) is 72.8 Å². The van der Waals surface area contributed by atoms with E-state index in [1.165, 1.54) is 12.8 Å². The van der Waals surface area contributed by atoms with Crippen LogP contribution >= 0.6 is 0 Å². The molecule has 0 aromatic heterocycles. The molecule has 1 N–H and O–H groups in total. The maximum absolute atomic E-state index is 12.5. The third-order valence-electron chi connectivity index (χ3n) is 5.22. The summed E-state index contributed by atoms with van der Waals surface area (Å²) < 4.78 is 11.1. The number of ether oxygens (including phenoxy) is 1. The minimum atomic E-state index is -1.08. The van der Waals surface area contributed by atoms with Gasteiger partial charge in [-0.2, -0.15) is 0 Å². The molecule has 5 nitrogen and oxygen atoms in total. The van der Waals surface area contributed by atoms with Gasteiger partial charge in [-0.05, 0) is 30.9 Å². The van der Waals surface area contributed by atoms with Gasteiger partial charge in [0.2, 0.25) is 0 Å². The Labute approximate surface area is 169 Å². The highest BCUT2D eigenvalue weighted by molar-refractivity contribution is 6.47. The van der Waals surface area contributed by atoms with Gasteiger partial charge in [-0.25, -0.2) is 4.79 Å². The van der Waals surface area contributed by atoms with Gasteiger partial charge in [0.25, 0.3) is 0 Å². The standard InChI is InChI=1S/C22H33BO5/c1-3-5-7-8-9-14-27-22(25)20-13-10-11-17-15-18(23(26)28-21(17)20)16-19(24)12-6-4-2/h10-11,13,18,26H,3-9,12,14-16H2,1-2H3/t18-/m1/s1. The third-order valence-corrected chi connectivity index (χ3v) is 5.22. The van der Waals surface area contributed by atoms with Crippen LogP contribution in [0.3, 0.4) is 0 Å². The Morgan fingerprint density at radius 1 is 1.14 bits per heavy atom. The molecule has 0 unspecified atom stereocenters. The molecule has 0 radical (unpaired) electrons. The molecule has 0 saturated carbocycles. The first kappa shape index (κ1) is 22.5. The fourth-order valence-corrected chi connectivity index (χ4v) is 3.54. The number of para-hydroxylation sites is 1. The van der Waals surface area contributed by atoms with Crippen LogP contribution in [0, 0.1) is 0 Å². The van der Waals surface area contributed by atoms with Crippen LogP contribution < -0.4 is 4.65 Å². The molecule has 154 valence electrons. The maximum atomic E-state index is 12.5. The second-order valence-electron chi connectivity index (χ2n) is 7.66. The lowest BCUT2D eigenvalue weighted by atomic mass is 9.64. The van der Waals surface area contributed by atoms with E-state index in [1.807, 2.05) is 13.0 Å². The van der Waals surface area contributed by atoms with Crippen molar-refractivity contribution in [1.29, 1.82) is 0 Å². The van der Waals surface area contributed by atoms with E-state index in [1.54, 1.807) is 12.1 Å². The number of fused-ring (bicyclic) bond motifs is 1. The van der Waals surface area contributed by atoms with Crippen molar-refractivity contribution in [2.24, 2.45) is 0 Å². The predicted octanol–water partition coefficient (Wildman–Crippen LogP) is 4.75. The van der Waals surface area contributed by atoms with Crippen LogP contribution in [-0.4, -0.2) is 30.5 Å². The molecular weight excluding hydrogens is 355 g/mol. The highest BCUT2D eigenvalue weighted by atomic mass is 16.5. The summed E-state index contributed by atoms with van der Waals surface area (Å²) >= 11 is 0. The first-order valence-electron chi connectivity index (χ1n) is 10.7. The minimum absolute atomic E-state index is 0.150. The number of hydrogen-bond acceptors (Lipinski definition) is 5. The number of rotatable bonds is 12. The molecule has 1 aromatic rings. The fraction of sp³-hybridized carbons (Fsp3) is 0.636. The van der Waals surface area contributed by atoms with Crippen molar-refractivity contribution in [2.45, 2.75) is 83.9 Å². The quantitative estimate of drug-likeness (QED) is 0.318. The van der Waals surface area contributed by atoms with E-state index in [9.17, 15) is 14.6 Å². The lowest BCUT2D eigenvalue weighted by Gasteiger charge is -2.28. The minimum Gasteiger partial charge on any atom is -0.535 e. The van der Waals surface area contributed by atoms with Gasteiger partial charge in [0.15, 0.2) is 0 Å². The molecule has 0 aliphatic carbocycles. The first-order chi connectivity index (χ1) is 13.6. The number of unbranched alkanes of at least 4 members (excludes halogenated alkanes) is 5. The summed E-state index contributed by atoms with van der Waals surface area (Å²) in [5.41, 5.74) is 1.19. The molecule has 0 amide bonds. The van der Waals surface area contributed by atoms with E-state index in [0.717, 1.165) is 37.7 Å². The largest absolute Gasteiger partial charge is 0.535 e. The molecule has 0 spiro atoms. The molecule has 1 aliphatic heterocycles. The number of esters is 1. The Bertz CT molecular complexity index is 646. The lowest BCUT2D eigenvalue weighted by Crippen LogP contribution is -2.36. The summed E-state index contributed by atoms with van der Waals surface area (Å²) in [5, 5.41) is 10.4. The Kier molecular flexibility index (Phi) is 9.55. The van der Waals surface area contributed by atoms with Crippen molar-refractivity contribution in [3.8, 4) is 5.75 Å². The Morgan fingerprint density at radius 3 is 2.64 bits per heavy atom. The Hall–Kier alpha value is -1.82. The van der Waals surface area contributed by atoms with E-state index in [0.29, 0.717) is 37.2 Å². The number of ketones is 1. The van der Waals surface area contributed by atoms with Crippen molar-refractivity contribution in [1.82, 2.24) is 0 Å². The summed E-state index contributed by atoms with van der Waals surface area (Å²) in [6, 6.07) is 5.34. The van der Waals surface area contributed by atoms with Crippen LogP contribution in [0.4, 0.5) is 0 Å². The summed E-state index contributed by atoms with van der Waals surface area (Å²) in [7, 11) is -1.08. The van der Waals surface area contributed by atoms with Crippen molar-refractivity contribution in [2.75, 3.05) is 6.61 Å². The van der Waals surface area contributed by atoms with E-state index in [2.05, 4.69) is 6.92 Å². The number of hydrogen-bond donors (Lipinski definition) is 1. The van der Waals surface area contributed by atoms with Gasteiger partial charge >= 0.3 is 13.1 Å². The van der Waals surface area contributed by atoms with Gasteiger partial charge in [0.05, 0.1) is 6.61 Å². The van der Waals surface area contributed by atoms with Crippen LogP contribution in [0.2, 0.25) is 5.82 Å². The zero-order valence-electron chi connectivity index (χ0n) is 17.2. The van der Waals surface area contributed by atoms with E-state index in [-0.39, 0.29) is 11.6 Å². The normalized spacial score (nSPS) is 15.7. The van der Waals surface area contributed by atoms with Crippen LogP contribution in [0.15, 0.2) is 18.2 Å². The predicted molar refractivity (Wildman–Crippen MR) is 111 cm³/mol. The summed E-state index contributed by atoms with van der Waals surface area (Å²) in [4.78, 5) is 24.5. The molecule has 1 aliphatic rings. The molecule has 28 heavy (non-hydrogen) atoms. The molecule has 0 saturated heterocycles. The van der Waals surface area contributed by atoms with E-state index >= 15 is 0 Å². The lowest BCUT2D eigenvalue weighted by molar-refractivity contribution is -0.119. The number of carbonyl (C=O) groups excluding carboxylic acids is 2. The van der Waals surface area contributed by atoms with Gasteiger partial charge in [0, 0.05) is 18.7 Å². The average molecular weight is 388 g/mol. The molecule has 0 bridgehead atoms. The van der Waals surface area contributed by atoms with Crippen LogP contribution in [0.25, 0.3) is 0 Å². The average Bonchev–Trinajstić information content (AvgIpc) is 2.69. The van der Waals surface area contributed by atoms with Gasteiger partial charge in [-0.1, -0.05) is 58.1 Å². The van der Waals surface area contributed by atoms with Gasteiger partial charge in [0.1, 0.15) is 17.1 Å². The van der Waals surface area contributed by atoms with Crippen molar-refractivity contribution >= 4 is 18.9 Å². The number of carbonyl (C=O) groups is 2. The highest BCUT2D eigenvalue weighted by Crippen LogP contribution is 2.36. The number of benzene rings is 1. The molecule has 2 rings (SSSR count). The van der Waals surface area contributed by atoms with Gasteiger partial charge in [-0.15, -0.1) is 0 Å². The monoisotopic (exact) mass is 388 g/mol. The van der Waals surface area contributed by atoms with Crippen molar-refractivity contribution in [3.05, 3.63) is 29.3 Å². The second-order valence-corrected chi connectivity index (χ2v) is 7.66. The van der Waals surface area contributed by atoms with E-state index in [4.69, 9.17) is 9.39 Å². The molecule has 0 fully saturated rings. The van der Waals surface area contributed by atoms with Crippen LogP contribution in [0.5, 0.6) is 5.75 Å². The summed E-state index contributed by atoms with van der Waals surface area (Å²) in [6.45, 7) is 4.61. The zero-order chi connectivity index (χ0) is 20.4. The fourth-order valence-electron chi connectivity index (χ4n) is 3.54. The van der Waals surface area contributed by atoms with Gasteiger partial charge < -0.3 is 14.4 Å². The third kappa shape index (κ3) is 6.66. The number of Topliss-reactive ketones (excluding diaryl/α,β-unsaturated/α-hetero) is 1. The first-order valence-corrected chi connectivity index (χ1v) is 10.7. The molecule has 1 atom stereocenters. The second kappa shape index (κ2) is 11.9. The maximum Gasteiger partial charge on any atom is 0.526 e. The zero-order valence-corrected chi connectivity index (χ0v) is 17.2. The highest BCUT2D eigenvalue weighted by Gasteiger charge is 2.37. The van der Waals surface area contributed by atoms with E-state index < -0.39 is 13.1 Å².